The summed E-state index contributed by atoms with van der Waals surface area (Å²) in [5.74, 6) is -2.80. The highest BCUT2D eigenvalue weighted by Gasteiger charge is 2.40. The first-order valence-corrected chi connectivity index (χ1v) is 13.2. The topological polar surface area (TPSA) is 123 Å². The molecule has 1 aromatic heterocycles. The number of fused-ring (bicyclic) bond motifs is 2. The lowest BCUT2D eigenvalue weighted by atomic mass is 10.0. The maximum atomic E-state index is 15.7. The average Bonchev–Trinajstić information content (AvgIpc) is 3.68. The average molecular weight is 577 g/mol. The van der Waals surface area contributed by atoms with E-state index in [0.717, 1.165) is 10.5 Å². The molecule has 2 aliphatic heterocycles. The molecule has 0 spiro atoms. The minimum Gasteiger partial charge on any atom is -0.364 e. The standard InChI is InChI=1S/C29H23ClF2N6O3/c30-24-17(9-8-15-10-11-34-26(15)24)18-5-3-6-20(25(18)32)35-29(41)22-12-16(31)13-37(22)23(39)14-38-21-7-2-1-4-19(21)27(36-38)28(33)40/h1-9,11,16,22H,10,12-14H2,(H2,33,40)(H,35,41)/t16-,22+/m1/s1. The molecule has 3 N–H and O–H groups in total. The van der Waals surface area contributed by atoms with E-state index in [1.54, 1.807) is 42.6 Å². The number of carbonyl (C=O) groups is 3. The molecule has 0 unspecified atom stereocenters. The van der Waals surface area contributed by atoms with Crippen LogP contribution in [0.25, 0.3) is 22.0 Å². The van der Waals surface area contributed by atoms with Gasteiger partial charge in [-0.25, -0.2) is 8.78 Å². The second-order valence-corrected chi connectivity index (χ2v) is 10.3. The minimum absolute atomic E-state index is 0.00174. The number of amides is 3. The monoisotopic (exact) mass is 576 g/mol. The van der Waals surface area contributed by atoms with E-state index in [1.165, 1.54) is 16.8 Å². The number of hydrogen-bond donors (Lipinski definition) is 2. The van der Waals surface area contributed by atoms with Gasteiger partial charge in [0.05, 0.1) is 28.5 Å². The first-order valence-electron chi connectivity index (χ1n) is 12.9. The summed E-state index contributed by atoms with van der Waals surface area (Å²) >= 11 is 6.53. The van der Waals surface area contributed by atoms with Crippen LogP contribution in [0.2, 0.25) is 5.02 Å². The van der Waals surface area contributed by atoms with Gasteiger partial charge in [-0.1, -0.05) is 54.1 Å². The molecule has 4 aromatic rings. The molecule has 6 rings (SSSR count). The highest BCUT2D eigenvalue weighted by Crippen LogP contribution is 2.41. The number of alkyl halides is 1. The van der Waals surface area contributed by atoms with Gasteiger partial charge in [-0.05, 0) is 17.7 Å². The largest absolute Gasteiger partial charge is 0.364 e. The third-order valence-corrected chi connectivity index (χ3v) is 7.71. The number of aliphatic imine (C=N–C) groups is 1. The van der Waals surface area contributed by atoms with Crippen LogP contribution in [-0.4, -0.2) is 57.4 Å². The number of para-hydroxylation sites is 1. The number of carbonyl (C=O) groups excluding carboxylic acids is 3. The fraction of sp³-hybridized carbons (Fsp3) is 0.207. The summed E-state index contributed by atoms with van der Waals surface area (Å²) < 4.78 is 31.5. The number of nitrogens with two attached hydrogens (primary N) is 1. The van der Waals surface area contributed by atoms with Crippen LogP contribution in [0.5, 0.6) is 0 Å². The molecule has 1 saturated heterocycles. The molecule has 2 aliphatic rings. The molecule has 0 saturated carbocycles. The molecule has 3 amide bonds. The number of aromatic nitrogens is 2. The summed E-state index contributed by atoms with van der Waals surface area (Å²) in [6, 6.07) is 13.6. The lowest BCUT2D eigenvalue weighted by molar-refractivity contribution is -0.137. The van der Waals surface area contributed by atoms with Crippen LogP contribution in [0.15, 0.2) is 59.6 Å². The van der Waals surface area contributed by atoms with Crippen molar-refractivity contribution >= 4 is 57.8 Å². The van der Waals surface area contributed by atoms with Gasteiger partial charge in [0.1, 0.15) is 18.8 Å². The number of rotatable bonds is 6. The Kier molecular flexibility index (Phi) is 6.74. The first-order chi connectivity index (χ1) is 19.7. The third-order valence-electron chi connectivity index (χ3n) is 7.33. The van der Waals surface area contributed by atoms with Crippen LogP contribution in [0.3, 0.4) is 0 Å². The quantitative estimate of drug-likeness (QED) is 0.352. The Morgan fingerprint density at radius 2 is 1.88 bits per heavy atom. The van der Waals surface area contributed by atoms with Gasteiger partial charge < -0.3 is 16.0 Å². The molecule has 41 heavy (non-hydrogen) atoms. The fourth-order valence-corrected chi connectivity index (χ4v) is 5.70. The summed E-state index contributed by atoms with van der Waals surface area (Å²) in [5.41, 5.74) is 7.89. The van der Waals surface area contributed by atoms with Gasteiger partial charge in [0.15, 0.2) is 11.5 Å². The van der Waals surface area contributed by atoms with Gasteiger partial charge in [-0.2, -0.15) is 5.10 Å². The van der Waals surface area contributed by atoms with E-state index >= 15 is 4.39 Å². The van der Waals surface area contributed by atoms with Crippen molar-refractivity contribution in [2.75, 3.05) is 11.9 Å². The van der Waals surface area contributed by atoms with Crippen molar-refractivity contribution in [3.8, 4) is 11.1 Å². The summed E-state index contributed by atoms with van der Waals surface area (Å²) in [6.45, 7) is -0.667. The van der Waals surface area contributed by atoms with E-state index in [2.05, 4.69) is 15.4 Å². The van der Waals surface area contributed by atoms with Gasteiger partial charge in [0.25, 0.3) is 5.91 Å². The molecular weight excluding hydrogens is 554 g/mol. The van der Waals surface area contributed by atoms with Crippen LogP contribution in [0, 0.1) is 5.82 Å². The molecule has 0 bridgehead atoms. The van der Waals surface area contributed by atoms with Crippen molar-refractivity contribution in [2.45, 2.75) is 31.6 Å². The molecule has 0 radical (unpaired) electrons. The Labute approximate surface area is 237 Å². The Balaban J connectivity index is 1.24. The normalized spacial score (nSPS) is 17.7. The SMILES string of the molecule is NC(=O)c1nn(CC(=O)N2C[C@H](F)C[C@H]2C(=O)Nc2cccc(-c3ccc4c(c3Cl)N=CC4)c2F)c2ccccc12. The van der Waals surface area contributed by atoms with E-state index in [-0.39, 0.29) is 36.5 Å². The van der Waals surface area contributed by atoms with Gasteiger partial charge in [0, 0.05) is 35.6 Å². The molecule has 12 heteroatoms. The van der Waals surface area contributed by atoms with Gasteiger partial charge in [-0.3, -0.25) is 24.1 Å². The number of likely N-dealkylation sites (tertiary alicyclic amines) is 1. The molecule has 1 fully saturated rings. The predicted octanol–water partition coefficient (Wildman–Crippen LogP) is 4.43. The maximum absolute atomic E-state index is 15.7. The third kappa shape index (κ3) is 4.71. The van der Waals surface area contributed by atoms with Crippen molar-refractivity contribution < 1.29 is 23.2 Å². The molecule has 208 valence electrons. The van der Waals surface area contributed by atoms with Crippen molar-refractivity contribution in [1.29, 1.82) is 0 Å². The number of primary amides is 1. The maximum Gasteiger partial charge on any atom is 0.269 e. The zero-order valence-corrected chi connectivity index (χ0v) is 22.2. The molecule has 2 atom stereocenters. The van der Waals surface area contributed by atoms with E-state index in [0.29, 0.717) is 33.6 Å². The molecule has 3 aromatic carbocycles. The Morgan fingerprint density at radius 3 is 2.68 bits per heavy atom. The zero-order chi connectivity index (χ0) is 28.8. The van der Waals surface area contributed by atoms with Gasteiger partial charge in [-0.15, -0.1) is 0 Å². The van der Waals surface area contributed by atoms with Gasteiger partial charge >= 0.3 is 0 Å². The Morgan fingerprint density at radius 1 is 1.07 bits per heavy atom. The van der Waals surface area contributed by atoms with E-state index in [4.69, 9.17) is 17.3 Å². The summed E-state index contributed by atoms with van der Waals surface area (Å²) in [4.78, 5) is 43.8. The molecular formula is C29H23ClF2N6O3. The summed E-state index contributed by atoms with van der Waals surface area (Å²) in [6.07, 6.45) is 0.668. The molecule has 9 nitrogen and oxygen atoms in total. The van der Waals surface area contributed by atoms with E-state index in [9.17, 15) is 18.8 Å². The van der Waals surface area contributed by atoms with Crippen LogP contribution in [0.4, 0.5) is 20.2 Å². The number of nitrogens with zero attached hydrogens (tertiary/aromatic N) is 4. The van der Waals surface area contributed by atoms with Crippen molar-refractivity contribution in [2.24, 2.45) is 10.7 Å². The second-order valence-electron chi connectivity index (χ2n) is 9.89. The van der Waals surface area contributed by atoms with Crippen LogP contribution >= 0.6 is 11.6 Å². The van der Waals surface area contributed by atoms with Crippen molar-refractivity contribution in [3.05, 3.63) is 76.7 Å². The van der Waals surface area contributed by atoms with Crippen molar-refractivity contribution in [3.63, 3.8) is 0 Å². The fourth-order valence-electron chi connectivity index (χ4n) is 5.36. The Bertz CT molecular complexity index is 1770. The number of anilines is 1. The van der Waals surface area contributed by atoms with Crippen LogP contribution < -0.4 is 11.1 Å². The number of halogens is 3. The number of nitrogens with one attached hydrogen (secondary N) is 1. The first kappa shape index (κ1) is 26.6. The second kappa shape index (κ2) is 10.4. The zero-order valence-electron chi connectivity index (χ0n) is 21.5. The summed E-state index contributed by atoms with van der Waals surface area (Å²) in [7, 11) is 0. The highest BCUT2D eigenvalue weighted by atomic mass is 35.5. The van der Waals surface area contributed by atoms with Crippen molar-refractivity contribution in [1.82, 2.24) is 14.7 Å². The number of hydrogen-bond acceptors (Lipinski definition) is 5. The predicted molar refractivity (Wildman–Crippen MR) is 151 cm³/mol. The molecule has 0 aliphatic carbocycles. The Hall–Kier alpha value is -4.64. The van der Waals surface area contributed by atoms with E-state index in [1.807, 2.05) is 6.07 Å². The van der Waals surface area contributed by atoms with Gasteiger partial charge in [0.2, 0.25) is 11.8 Å². The number of benzene rings is 3. The molecule has 3 heterocycles. The summed E-state index contributed by atoms with van der Waals surface area (Å²) in [5, 5.41) is 7.46. The lowest BCUT2D eigenvalue weighted by Crippen LogP contribution is -2.44. The lowest BCUT2D eigenvalue weighted by Gasteiger charge is -2.24. The van der Waals surface area contributed by atoms with Crippen LogP contribution in [0.1, 0.15) is 22.5 Å². The highest BCUT2D eigenvalue weighted by molar-refractivity contribution is 6.36. The van der Waals surface area contributed by atoms with Crippen LogP contribution in [-0.2, 0) is 22.6 Å². The minimum atomic E-state index is -1.45. The smallest absolute Gasteiger partial charge is 0.269 e. The van der Waals surface area contributed by atoms with E-state index < -0.39 is 35.8 Å².